The molecule has 1 nitrogen and oxygen atoms in total. The van der Waals surface area contributed by atoms with E-state index in [2.05, 4.69) is 193 Å². The fourth-order valence-corrected chi connectivity index (χ4v) is 8.21. The van der Waals surface area contributed by atoms with Crippen LogP contribution in [0.15, 0.2) is 188 Å². The Morgan fingerprint density at radius 1 is 0.333 bits per heavy atom. The van der Waals surface area contributed by atoms with Crippen LogP contribution in [0.25, 0.3) is 64.3 Å². The number of hydrogen-bond acceptors (Lipinski definition) is 2. The number of benzene rings is 8. The SMILES string of the molecule is c1ccc(-c2ccc(-c3ccccc3N(c3ccccc3)c3cc4c5ccc(-c6ccccc6)cc5sc4c4ccccc34)cc2)cc1. The first-order valence-electron chi connectivity index (χ1n) is 16.4. The van der Waals surface area contributed by atoms with Gasteiger partial charge in [0.1, 0.15) is 0 Å². The van der Waals surface area contributed by atoms with Crippen molar-refractivity contribution < 1.29 is 0 Å². The third-order valence-corrected chi connectivity index (χ3v) is 10.5. The Balaban J connectivity index is 1.26. The molecule has 48 heavy (non-hydrogen) atoms. The lowest BCUT2D eigenvalue weighted by atomic mass is 9.97. The molecule has 9 rings (SSSR count). The second-order valence-corrected chi connectivity index (χ2v) is 13.2. The summed E-state index contributed by atoms with van der Waals surface area (Å²) in [5.74, 6) is 0. The van der Waals surface area contributed by atoms with Crippen molar-refractivity contribution in [1.29, 1.82) is 0 Å². The minimum absolute atomic E-state index is 1.13. The van der Waals surface area contributed by atoms with Gasteiger partial charge in [0.2, 0.25) is 0 Å². The maximum atomic E-state index is 2.45. The molecule has 1 aromatic heterocycles. The molecule has 9 aromatic rings. The van der Waals surface area contributed by atoms with E-state index >= 15 is 0 Å². The highest BCUT2D eigenvalue weighted by molar-refractivity contribution is 7.26. The van der Waals surface area contributed by atoms with Crippen molar-refractivity contribution in [1.82, 2.24) is 0 Å². The van der Waals surface area contributed by atoms with Crippen molar-refractivity contribution in [3.05, 3.63) is 188 Å². The molecule has 0 N–H and O–H groups in total. The predicted molar refractivity (Wildman–Crippen MR) is 208 cm³/mol. The molecular formula is C46H31NS. The van der Waals surface area contributed by atoms with Crippen molar-refractivity contribution >= 4 is 59.3 Å². The molecular weight excluding hydrogens is 599 g/mol. The van der Waals surface area contributed by atoms with Gasteiger partial charge < -0.3 is 4.90 Å². The first-order valence-corrected chi connectivity index (χ1v) is 17.2. The van der Waals surface area contributed by atoms with Crippen molar-refractivity contribution in [2.45, 2.75) is 0 Å². The third-order valence-electron chi connectivity index (χ3n) is 9.27. The summed E-state index contributed by atoms with van der Waals surface area (Å²) in [4.78, 5) is 2.45. The number of anilines is 3. The maximum Gasteiger partial charge on any atom is 0.0547 e. The quantitative estimate of drug-likeness (QED) is 0.177. The lowest BCUT2D eigenvalue weighted by Gasteiger charge is -2.29. The van der Waals surface area contributed by atoms with Crippen LogP contribution in [0.1, 0.15) is 0 Å². The third kappa shape index (κ3) is 4.95. The highest BCUT2D eigenvalue weighted by Crippen LogP contribution is 2.48. The van der Waals surface area contributed by atoms with E-state index in [0.29, 0.717) is 0 Å². The standard InChI is InChI=1S/C46H31NS/c1-4-14-32(15-5-1)34-24-26-35(27-25-34)38-20-12-13-23-43(38)47(37-18-8-3-9-19-37)44-31-42-40-29-28-36(33-16-6-2-7-17-33)30-45(40)48-46(42)41-22-11-10-21-39(41)44/h1-31H. The number of thiophene rings is 1. The molecule has 0 radical (unpaired) electrons. The van der Waals surface area contributed by atoms with Crippen molar-refractivity contribution in [2.75, 3.05) is 4.90 Å². The number of rotatable bonds is 6. The van der Waals surface area contributed by atoms with Gasteiger partial charge >= 0.3 is 0 Å². The average molecular weight is 630 g/mol. The summed E-state index contributed by atoms with van der Waals surface area (Å²) >= 11 is 1.89. The molecule has 0 atom stereocenters. The predicted octanol–water partition coefficient (Wildman–Crippen LogP) is 13.7. The Morgan fingerprint density at radius 2 is 0.875 bits per heavy atom. The molecule has 0 aliphatic carbocycles. The fraction of sp³-hybridized carbons (Fsp3) is 0. The zero-order chi connectivity index (χ0) is 31.9. The molecule has 0 amide bonds. The molecule has 0 saturated heterocycles. The van der Waals surface area contributed by atoms with Gasteiger partial charge in [-0.15, -0.1) is 11.3 Å². The number of para-hydroxylation sites is 2. The van der Waals surface area contributed by atoms with Crippen LogP contribution < -0.4 is 4.90 Å². The molecule has 0 bridgehead atoms. The molecule has 226 valence electrons. The number of fused-ring (bicyclic) bond motifs is 5. The van der Waals surface area contributed by atoms with Gasteiger partial charge in [-0.05, 0) is 58.1 Å². The van der Waals surface area contributed by atoms with E-state index in [1.807, 2.05) is 11.3 Å². The van der Waals surface area contributed by atoms with Gasteiger partial charge in [0, 0.05) is 42.2 Å². The van der Waals surface area contributed by atoms with E-state index in [4.69, 9.17) is 0 Å². The first kappa shape index (κ1) is 28.3. The van der Waals surface area contributed by atoms with Gasteiger partial charge in [0.15, 0.2) is 0 Å². The van der Waals surface area contributed by atoms with Gasteiger partial charge in [-0.1, -0.05) is 158 Å². The fourth-order valence-electron chi connectivity index (χ4n) is 6.94. The summed E-state index contributed by atoms with van der Waals surface area (Å²) in [5, 5.41) is 5.09. The van der Waals surface area contributed by atoms with Gasteiger partial charge in [-0.25, -0.2) is 0 Å². The topological polar surface area (TPSA) is 3.24 Å². The maximum absolute atomic E-state index is 2.45. The van der Waals surface area contributed by atoms with Crippen molar-refractivity contribution in [2.24, 2.45) is 0 Å². The highest BCUT2D eigenvalue weighted by Gasteiger charge is 2.21. The Bertz CT molecular complexity index is 2530. The normalized spacial score (nSPS) is 11.3. The largest absolute Gasteiger partial charge is 0.309 e. The van der Waals surface area contributed by atoms with Gasteiger partial charge in [0.05, 0.1) is 11.4 Å². The van der Waals surface area contributed by atoms with E-state index in [9.17, 15) is 0 Å². The lowest BCUT2D eigenvalue weighted by Crippen LogP contribution is -2.11. The van der Waals surface area contributed by atoms with Crippen LogP contribution in [0, 0.1) is 0 Å². The number of hydrogen-bond donors (Lipinski definition) is 0. The number of nitrogens with zero attached hydrogens (tertiary/aromatic N) is 1. The second kappa shape index (κ2) is 12.0. The van der Waals surface area contributed by atoms with Gasteiger partial charge in [-0.2, -0.15) is 0 Å². The summed E-state index contributed by atoms with van der Waals surface area (Å²) in [5.41, 5.74) is 10.7. The molecule has 1 heterocycles. The molecule has 8 aromatic carbocycles. The Morgan fingerprint density at radius 3 is 1.60 bits per heavy atom. The van der Waals surface area contributed by atoms with E-state index in [0.717, 1.165) is 11.4 Å². The molecule has 0 saturated carbocycles. The monoisotopic (exact) mass is 629 g/mol. The zero-order valence-corrected chi connectivity index (χ0v) is 27.1. The van der Waals surface area contributed by atoms with Crippen LogP contribution in [0.4, 0.5) is 17.1 Å². The second-order valence-electron chi connectivity index (χ2n) is 12.1. The molecule has 0 aliphatic heterocycles. The van der Waals surface area contributed by atoms with Crippen LogP contribution in [0.2, 0.25) is 0 Å². The lowest BCUT2D eigenvalue weighted by molar-refractivity contribution is 1.30. The molecule has 0 unspecified atom stereocenters. The zero-order valence-electron chi connectivity index (χ0n) is 26.3. The smallest absolute Gasteiger partial charge is 0.0547 e. The van der Waals surface area contributed by atoms with Crippen LogP contribution in [0.3, 0.4) is 0 Å². The Labute approximate surface area is 284 Å². The van der Waals surface area contributed by atoms with Crippen LogP contribution in [-0.2, 0) is 0 Å². The van der Waals surface area contributed by atoms with Crippen LogP contribution in [-0.4, -0.2) is 0 Å². The summed E-state index contributed by atoms with van der Waals surface area (Å²) in [6.45, 7) is 0. The molecule has 0 spiro atoms. The summed E-state index contributed by atoms with van der Waals surface area (Å²) in [6, 6.07) is 68.0. The average Bonchev–Trinajstić information content (AvgIpc) is 3.54. The molecule has 0 aliphatic rings. The van der Waals surface area contributed by atoms with Crippen molar-refractivity contribution in [3.63, 3.8) is 0 Å². The van der Waals surface area contributed by atoms with E-state index < -0.39 is 0 Å². The van der Waals surface area contributed by atoms with Gasteiger partial charge in [0.25, 0.3) is 0 Å². The van der Waals surface area contributed by atoms with Crippen LogP contribution in [0.5, 0.6) is 0 Å². The first-order chi connectivity index (χ1) is 23.8. The molecule has 2 heteroatoms. The summed E-state index contributed by atoms with van der Waals surface area (Å²) < 4.78 is 2.63. The molecule has 0 fully saturated rings. The van der Waals surface area contributed by atoms with Crippen molar-refractivity contribution in [3.8, 4) is 33.4 Å². The summed E-state index contributed by atoms with van der Waals surface area (Å²) in [7, 11) is 0. The van der Waals surface area contributed by atoms with E-state index in [-0.39, 0.29) is 0 Å². The minimum Gasteiger partial charge on any atom is -0.309 e. The highest BCUT2D eigenvalue weighted by atomic mass is 32.1. The summed E-state index contributed by atoms with van der Waals surface area (Å²) in [6.07, 6.45) is 0. The van der Waals surface area contributed by atoms with Gasteiger partial charge in [-0.3, -0.25) is 0 Å². The Kier molecular flexibility index (Phi) is 7.07. The van der Waals surface area contributed by atoms with E-state index in [1.54, 1.807) is 0 Å². The Hall–Kier alpha value is -5.96. The van der Waals surface area contributed by atoms with E-state index in [1.165, 1.54) is 70.0 Å². The van der Waals surface area contributed by atoms with Crippen LogP contribution >= 0.6 is 11.3 Å². The minimum atomic E-state index is 1.13.